The number of methoxy groups -OCH3 is 1. The number of thiocarbonyl (C=S) groups is 2. The third-order valence-electron chi connectivity index (χ3n) is 2.51. The first kappa shape index (κ1) is 17.7. The number of hydrogen-bond donors (Lipinski definition) is 3. The topological polar surface area (TPSA) is 96.9 Å². The Balaban J connectivity index is 2.99. The van der Waals surface area contributed by atoms with Gasteiger partial charge in [-0.2, -0.15) is 0 Å². The van der Waals surface area contributed by atoms with E-state index in [0.717, 1.165) is 6.21 Å². The fraction of sp³-hybridized carbons (Fsp3) is 0.143. The fourth-order valence-electron chi connectivity index (χ4n) is 1.44. The minimum Gasteiger partial charge on any atom is -0.512 e. The lowest BCUT2D eigenvalue weighted by Crippen LogP contribution is -2.20. The Hall–Kier alpha value is -2.32. The number of aliphatic imine (C=N–C) groups is 1. The molecule has 0 saturated heterocycles. The number of para-hydroxylation sites is 2. The van der Waals surface area contributed by atoms with Crippen LogP contribution >= 0.6 is 24.4 Å². The van der Waals surface area contributed by atoms with Crippen LogP contribution in [0.4, 0.5) is 5.69 Å². The average Bonchev–Trinajstić information content (AvgIpc) is 2.47. The Labute approximate surface area is 138 Å². The van der Waals surface area contributed by atoms with Crippen LogP contribution in [0.15, 0.2) is 40.6 Å². The predicted molar refractivity (Wildman–Crippen MR) is 94.8 cm³/mol. The van der Waals surface area contributed by atoms with Gasteiger partial charge in [0.05, 0.1) is 18.4 Å². The second-order valence-corrected chi connectivity index (χ2v) is 4.91. The van der Waals surface area contributed by atoms with Crippen LogP contribution in [0.3, 0.4) is 0 Å². The highest BCUT2D eigenvalue weighted by atomic mass is 32.1. The molecule has 0 bridgehead atoms. The van der Waals surface area contributed by atoms with E-state index in [-0.39, 0.29) is 21.3 Å². The van der Waals surface area contributed by atoms with Crippen LogP contribution in [-0.2, 0) is 4.79 Å². The molecule has 4 N–H and O–H groups in total. The van der Waals surface area contributed by atoms with Gasteiger partial charge in [-0.15, -0.1) is 0 Å². The summed E-state index contributed by atoms with van der Waals surface area (Å²) in [5, 5.41) is 12.2. The van der Waals surface area contributed by atoms with E-state index in [0.29, 0.717) is 11.4 Å². The predicted octanol–water partition coefficient (Wildman–Crippen LogP) is 2.15. The number of rotatable bonds is 4. The molecule has 0 radical (unpaired) electrons. The first-order chi connectivity index (χ1) is 10.4. The van der Waals surface area contributed by atoms with Gasteiger partial charge in [-0.05, 0) is 19.1 Å². The molecule has 0 fully saturated rings. The van der Waals surface area contributed by atoms with E-state index in [1.54, 1.807) is 24.3 Å². The number of amides is 1. The van der Waals surface area contributed by atoms with E-state index < -0.39 is 5.91 Å². The normalized spacial score (nSPS) is 11.7. The molecule has 1 aromatic carbocycles. The van der Waals surface area contributed by atoms with E-state index in [4.69, 9.17) is 22.7 Å². The van der Waals surface area contributed by atoms with Gasteiger partial charge in [-0.25, -0.2) is 4.99 Å². The number of hydrogen-bond acceptors (Lipinski definition) is 5. The van der Waals surface area contributed by atoms with Crippen LogP contribution in [0.5, 0.6) is 5.75 Å². The molecule has 0 atom stereocenters. The van der Waals surface area contributed by atoms with E-state index in [9.17, 15) is 9.90 Å². The molecule has 1 rings (SSSR count). The third-order valence-corrected chi connectivity index (χ3v) is 3.16. The van der Waals surface area contributed by atoms with Gasteiger partial charge in [0, 0.05) is 6.21 Å². The Bertz CT molecular complexity index is 665. The number of carbonyl (C=O) groups is 1. The zero-order valence-corrected chi connectivity index (χ0v) is 13.6. The summed E-state index contributed by atoms with van der Waals surface area (Å²) in [5.41, 5.74) is 5.71. The van der Waals surface area contributed by atoms with Gasteiger partial charge in [0.25, 0.3) is 5.91 Å². The molecule has 0 aromatic heterocycles. The molecule has 0 heterocycles. The number of allylic oxidation sites excluding steroid dienone is 1. The molecule has 8 heteroatoms. The number of aliphatic hydroxyl groups is 1. The van der Waals surface area contributed by atoms with Crippen molar-refractivity contribution in [1.29, 1.82) is 0 Å². The van der Waals surface area contributed by atoms with Crippen LogP contribution in [-0.4, -0.2) is 34.3 Å². The molecule has 0 unspecified atom stereocenters. The highest BCUT2D eigenvalue weighted by Crippen LogP contribution is 2.23. The van der Waals surface area contributed by atoms with Gasteiger partial charge in [0.15, 0.2) is 4.99 Å². The number of nitrogens with two attached hydrogens (primary N) is 1. The number of nitrogens with zero attached hydrogens (tertiary/aromatic N) is 1. The fourth-order valence-corrected chi connectivity index (χ4v) is 1.55. The number of anilines is 1. The van der Waals surface area contributed by atoms with E-state index in [2.05, 4.69) is 22.5 Å². The largest absolute Gasteiger partial charge is 0.512 e. The molecule has 0 spiro atoms. The van der Waals surface area contributed by atoms with Gasteiger partial charge in [-0.1, -0.05) is 36.6 Å². The van der Waals surface area contributed by atoms with Gasteiger partial charge in [0.2, 0.25) is 0 Å². The quantitative estimate of drug-likeness (QED) is 0.337. The van der Waals surface area contributed by atoms with Crippen molar-refractivity contribution in [2.24, 2.45) is 10.7 Å². The molecule has 22 heavy (non-hydrogen) atoms. The van der Waals surface area contributed by atoms with Crippen molar-refractivity contribution in [2.75, 3.05) is 12.4 Å². The molecule has 1 aromatic rings. The van der Waals surface area contributed by atoms with Crippen LogP contribution in [0.2, 0.25) is 0 Å². The smallest absolute Gasteiger partial charge is 0.260 e. The molecule has 116 valence electrons. The SMILES string of the molecule is COc1ccccc1NC(=O)/C(C=NC(=S)C(N)=S)=C(/C)O. The van der Waals surface area contributed by atoms with E-state index >= 15 is 0 Å². The van der Waals surface area contributed by atoms with Crippen LogP contribution < -0.4 is 15.8 Å². The summed E-state index contributed by atoms with van der Waals surface area (Å²) in [6.45, 7) is 1.35. The summed E-state index contributed by atoms with van der Waals surface area (Å²) >= 11 is 9.49. The molecule has 6 nitrogen and oxygen atoms in total. The Morgan fingerprint density at radius 2 is 2.05 bits per heavy atom. The lowest BCUT2D eigenvalue weighted by molar-refractivity contribution is -0.112. The molecule has 1 amide bonds. The van der Waals surface area contributed by atoms with Gasteiger partial charge in [0.1, 0.15) is 16.5 Å². The molecule has 0 aliphatic heterocycles. The summed E-state index contributed by atoms with van der Waals surface area (Å²) in [4.78, 5) is 15.9. The lowest BCUT2D eigenvalue weighted by atomic mass is 10.2. The second-order valence-electron chi connectivity index (χ2n) is 4.08. The molecule has 0 aliphatic carbocycles. The molecular weight excluding hydrogens is 322 g/mol. The number of carbonyl (C=O) groups excluding carboxylic acids is 1. The standard InChI is InChI=1S/C14H15N3O3S2/c1-8(18)9(7-16-14(22)12(15)21)13(19)17-10-5-3-4-6-11(10)20-2/h3-7,18H,1-2H3,(H2,15,21)(H,17,19)/b9-8-,16-7?. The number of nitrogens with one attached hydrogen (secondary N) is 1. The maximum Gasteiger partial charge on any atom is 0.260 e. The summed E-state index contributed by atoms with van der Waals surface area (Å²) in [6, 6.07) is 6.87. The van der Waals surface area contributed by atoms with E-state index in [1.807, 2.05) is 0 Å². The van der Waals surface area contributed by atoms with Crippen LogP contribution in [0, 0.1) is 0 Å². The Morgan fingerprint density at radius 3 is 2.59 bits per heavy atom. The van der Waals surface area contributed by atoms with Crippen LogP contribution in [0.25, 0.3) is 0 Å². The average molecular weight is 337 g/mol. The number of aliphatic hydroxyl groups excluding tert-OH is 1. The first-order valence-corrected chi connectivity index (χ1v) is 6.90. The van der Waals surface area contributed by atoms with Crippen molar-refractivity contribution >= 4 is 52.2 Å². The number of ether oxygens (including phenoxy) is 1. The highest BCUT2D eigenvalue weighted by Gasteiger charge is 2.14. The van der Waals surface area contributed by atoms with Crippen molar-refractivity contribution in [2.45, 2.75) is 6.92 Å². The number of benzene rings is 1. The maximum absolute atomic E-state index is 12.2. The van der Waals surface area contributed by atoms with Gasteiger partial charge in [-0.3, -0.25) is 4.79 Å². The van der Waals surface area contributed by atoms with Crippen LogP contribution in [0.1, 0.15) is 6.92 Å². The van der Waals surface area contributed by atoms with E-state index in [1.165, 1.54) is 14.0 Å². The van der Waals surface area contributed by atoms with Crippen molar-refractivity contribution in [1.82, 2.24) is 0 Å². The Morgan fingerprint density at radius 1 is 1.41 bits per heavy atom. The van der Waals surface area contributed by atoms with Crippen molar-refractivity contribution in [3.05, 3.63) is 35.6 Å². The summed E-state index contributed by atoms with van der Waals surface area (Å²) in [7, 11) is 1.49. The molecule has 0 aliphatic rings. The monoisotopic (exact) mass is 337 g/mol. The highest BCUT2D eigenvalue weighted by molar-refractivity contribution is 7.89. The third kappa shape index (κ3) is 4.90. The maximum atomic E-state index is 12.2. The zero-order chi connectivity index (χ0) is 16.7. The molecular formula is C14H15N3O3S2. The van der Waals surface area contributed by atoms with Gasteiger partial charge < -0.3 is 20.9 Å². The minimum absolute atomic E-state index is 0.0289. The minimum atomic E-state index is -0.570. The summed E-state index contributed by atoms with van der Waals surface area (Å²) in [6.07, 6.45) is 1.11. The van der Waals surface area contributed by atoms with Crippen molar-refractivity contribution < 1.29 is 14.6 Å². The molecule has 0 saturated carbocycles. The summed E-state index contributed by atoms with van der Waals surface area (Å²) in [5.74, 6) is -0.303. The second kappa shape index (κ2) is 8.20. The van der Waals surface area contributed by atoms with Gasteiger partial charge >= 0.3 is 0 Å². The summed E-state index contributed by atoms with van der Waals surface area (Å²) < 4.78 is 5.13. The Kier molecular flexibility index (Phi) is 6.61. The zero-order valence-electron chi connectivity index (χ0n) is 12.0. The van der Waals surface area contributed by atoms with Crippen molar-refractivity contribution in [3.63, 3.8) is 0 Å². The lowest BCUT2D eigenvalue weighted by Gasteiger charge is -2.10. The van der Waals surface area contributed by atoms with Crippen molar-refractivity contribution in [3.8, 4) is 5.75 Å². The first-order valence-electron chi connectivity index (χ1n) is 6.08.